The van der Waals surface area contributed by atoms with Gasteiger partial charge in [0.1, 0.15) is 0 Å². The van der Waals surface area contributed by atoms with E-state index in [1.54, 1.807) is 6.29 Å². The molecule has 0 saturated heterocycles. The monoisotopic (exact) mass is 190 g/mol. The quantitative estimate of drug-likeness (QED) is 0.786. The molecule has 0 spiro atoms. The lowest BCUT2D eigenvalue weighted by molar-refractivity contribution is 0.541. The van der Waals surface area contributed by atoms with Gasteiger partial charge >= 0.3 is 0 Å². The Morgan fingerprint density at radius 3 is 2.21 bits per heavy atom. The summed E-state index contributed by atoms with van der Waals surface area (Å²) in [6.07, 6.45) is 2.37. The molecule has 0 amide bonds. The third-order valence-corrected chi connectivity index (χ3v) is 2.59. The molecule has 14 heavy (non-hydrogen) atoms. The van der Waals surface area contributed by atoms with Crippen LogP contribution < -0.4 is 5.73 Å². The first-order chi connectivity index (χ1) is 6.54. The zero-order chi connectivity index (χ0) is 10.7. The minimum absolute atomic E-state index is 0.503. The zero-order valence-corrected chi connectivity index (χ0v) is 8.92. The van der Waals surface area contributed by atoms with Crippen molar-refractivity contribution < 1.29 is 4.79 Å². The van der Waals surface area contributed by atoms with Gasteiger partial charge in [-0.05, 0) is 49.4 Å². The molecule has 0 saturated carbocycles. The van der Waals surface area contributed by atoms with E-state index in [1.165, 1.54) is 16.7 Å². The van der Waals surface area contributed by atoms with Gasteiger partial charge in [0.05, 0.1) is 6.04 Å². The first-order valence-corrected chi connectivity index (χ1v) is 4.74. The second-order valence-corrected chi connectivity index (χ2v) is 3.78. The molecule has 0 aromatic heterocycles. The Hall–Kier alpha value is -1.15. The van der Waals surface area contributed by atoms with E-state index < -0.39 is 6.04 Å². The van der Waals surface area contributed by atoms with Crippen LogP contribution in [0.3, 0.4) is 0 Å². The van der Waals surface area contributed by atoms with E-state index >= 15 is 0 Å². The molecule has 0 heterocycles. The molecule has 2 heteroatoms. The summed E-state index contributed by atoms with van der Waals surface area (Å²) < 4.78 is 0. The van der Waals surface area contributed by atoms with Crippen molar-refractivity contribution in [1.29, 1.82) is 0 Å². The average Bonchev–Trinajstić information content (AvgIpc) is 2.14. The van der Waals surface area contributed by atoms with E-state index in [4.69, 9.17) is 5.73 Å². The van der Waals surface area contributed by atoms with E-state index in [-0.39, 0.29) is 0 Å². The van der Waals surface area contributed by atoms with Gasteiger partial charge in [0.2, 0.25) is 6.29 Å². The van der Waals surface area contributed by atoms with Crippen molar-refractivity contribution in [2.75, 3.05) is 0 Å². The van der Waals surface area contributed by atoms with Gasteiger partial charge in [-0.1, -0.05) is 12.1 Å². The van der Waals surface area contributed by atoms with Crippen LogP contribution in [-0.2, 0) is 11.2 Å². The molecule has 1 radical (unpaired) electrons. The molecule has 0 fully saturated rings. The van der Waals surface area contributed by atoms with Gasteiger partial charge < -0.3 is 5.73 Å². The largest absolute Gasteiger partial charge is 0.321 e. The number of benzene rings is 1. The molecule has 1 atom stereocenters. The Balaban J connectivity index is 2.95. The molecule has 2 nitrogen and oxygen atoms in total. The van der Waals surface area contributed by atoms with Gasteiger partial charge in [0.15, 0.2) is 0 Å². The van der Waals surface area contributed by atoms with Gasteiger partial charge in [0, 0.05) is 0 Å². The predicted molar refractivity (Wildman–Crippen MR) is 58.0 cm³/mol. The Morgan fingerprint density at radius 2 is 1.79 bits per heavy atom. The van der Waals surface area contributed by atoms with Crippen LogP contribution in [0.25, 0.3) is 0 Å². The van der Waals surface area contributed by atoms with Gasteiger partial charge in [-0.15, -0.1) is 0 Å². The van der Waals surface area contributed by atoms with Crippen molar-refractivity contribution in [3.63, 3.8) is 0 Å². The second-order valence-electron chi connectivity index (χ2n) is 3.78. The predicted octanol–water partition coefficient (Wildman–Crippen LogP) is 1.59. The van der Waals surface area contributed by atoms with Gasteiger partial charge in [-0.3, -0.25) is 4.79 Å². The van der Waals surface area contributed by atoms with Crippen LogP contribution in [0.2, 0.25) is 0 Å². The summed E-state index contributed by atoms with van der Waals surface area (Å²) in [6, 6.07) is 3.66. The normalized spacial score (nSPS) is 12.6. The van der Waals surface area contributed by atoms with Gasteiger partial charge in [-0.2, -0.15) is 0 Å². The fourth-order valence-corrected chi connectivity index (χ4v) is 1.54. The summed E-state index contributed by atoms with van der Waals surface area (Å²) in [5, 5.41) is 0. The highest BCUT2D eigenvalue weighted by Crippen LogP contribution is 2.16. The summed E-state index contributed by atoms with van der Waals surface area (Å²) in [6.45, 7) is 6.24. The lowest BCUT2D eigenvalue weighted by atomic mass is 9.97. The Bertz CT molecular complexity index is 321. The molecule has 75 valence electrons. The van der Waals surface area contributed by atoms with E-state index in [2.05, 4.69) is 32.9 Å². The Kier molecular flexibility index (Phi) is 3.42. The van der Waals surface area contributed by atoms with Crippen LogP contribution >= 0.6 is 0 Å². The van der Waals surface area contributed by atoms with Crippen LogP contribution in [0.15, 0.2) is 12.1 Å². The summed E-state index contributed by atoms with van der Waals surface area (Å²) in [5.74, 6) is 0. The highest BCUT2D eigenvalue weighted by Gasteiger charge is 2.05. The summed E-state index contributed by atoms with van der Waals surface area (Å²) in [7, 11) is 0. The van der Waals surface area contributed by atoms with Gasteiger partial charge in [0.25, 0.3) is 0 Å². The molecule has 0 aliphatic rings. The van der Waals surface area contributed by atoms with Crippen molar-refractivity contribution in [1.82, 2.24) is 0 Å². The molecule has 0 bridgehead atoms. The van der Waals surface area contributed by atoms with Crippen LogP contribution in [-0.4, -0.2) is 12.3 Å². The number of nitrogens with two attached hydrogens (primary N) is 1. The molecule has 2 N–H and O–H groups in total. The first kappa shape index (κ1) is 10.9. The maximum absolute atomic E-state index is 10.3. The molecule has 1 rings (SSSR count). The highest BCUT2D eigenvalue weighted by molar-refractivity contribution is 5.59. The third-order valence-electron chi connectivity index (χ3n) is 2.59. The molecular weight excluding hydrogens is 174 g/mol. The number of rotatable bonds is 3. The topological polar surface area (TPSA) is 43.1 Å². The highest BCUT2D eigenvalue weighted by atomic mass is 16.1. The summed E-state index contributed by atoms with van der Waals surface area (Å²) in [4.78, 5) is 10.3. The van der Waals surface area contributed by atoms with Crippen LogP contribution in [0.1, 0.15) is 22.3 Å². The zero-order valence-electron chi connectivity index (χ0n) is 8.92. The van der Waals surface area contributed by atoms with Crippen molar-refractivity contribution in [2.45, 2.75) is 33.2 Å². The maximum Gasteiger partial charge on any atom is 0.217 e. The van der Waals surface area contributed by atoms with Crippen molar-refractivity contribution in [3.8, 4) is 0 Å². The average molecular weight is 190 g/mol. The number of aryl methyl sites for hydroxylation is 2. The van der Waals surface area contributed by atoms with Gasteiger partial charge in [-0.25, -0.2) is 0 Å². The number of hydrogen-bond acceptors (Lipinski definition) is 2. The smallest absolute Gasteiger partial charge is 0.217 e. The van der Waals surface area contributed by atoms with Crippen molar-refractivity contribution in [2.24, 2.45) is 5.73 Å². The SMILES string of the molecule is Cc1cc(C[C@@H](N)[C]=O)cc(C)c1C. The Labute approximate surface area is 85.1 Å². The van der Waals surface area contributed by atoms with Crippen LogP contribution in [0.4, 0.5) is 0 Å². The standard InChI is InChI=1S/C12H16NO/c1-8-4-11(6-12(13)7-14)5-9(2)10(8)3/h4-5,12H,6,13H2,1-3H3/t12-/m1/s1. The van der Waals surface area contributed by atoms with E-state index in [9.17, 15) is 4.79 Å². The lowest BCUT2D eigenvalue weighted by Gasteiger charge is -2.09. The third kappa shape index (κ3) is 2.42. The second kappa shape index (κ2) is 4.38. The van der Waals surface area contributed by atoms with Crippen molar-refractivity contribution >= 4 is 6.29 Å². The maximum atomic E-state index is 10.3. The van der Waals surface area contributed by atoms with E-state index in [1.807, 2.05) is 0 Å². The molecule has 0 aliphatic heterocycles. The molecule has 1 aromatic rings. The van der Waals surface area contributed by atoms with Crippen molar-refractivity contribution in [3.05, 3.63) is 34.4 Å². The molecule has 0 aliphatic carbocycles. The van der Waals surface area contributed by atoms with E-state index in [0.717, 1.165) is 5.56 Å². The summed E-state index contributed by atoms with van der Waals surface area (Å²) in [5.41, 5.74) is 10.4. The minimum Gasteiger partial charge on any atom is -0.321 e. The molecule has 1 aromatic carbocycles. The first-order valence-electron chi connectivity index (χ1n) is 4.74. The minimum atomic E-state index is -0.503. The fraction of sp³-hybridized carbons (Fsp3) is 0.417. The summed E-state index contributed by atoms with van der Waals surface area (Å²) >= 11 is 0. The number of hydrogen-bond donors (Lipinski definition) is 1. The van der Waals surface area contributed by atoms with Crippen LogP contribution in [0, 0.1) is 20.8 Å². The number of carbonyl (C=O) groups excluding carboxylic acids is 1. The Morgan fingerprint density at radius 1 is 1.29 bits per heavy atom. The fourth-order valence-electron chi connectivity index (χ4n) is 1.54. The van der Waals surface area contributed by atoms with Crippen LogP contribution in [0.5, 0.6) is 0 Å². The molecular formula is C12H16NO. The lowest BCUT2D eigenvalue weighted by Crippen LogP contribution is -2.24. The van der Waals surface area contributed by atoms with E-state index in [0.29, 0.717) is 6.42 Å². The molecule has 0 unspecified atom stereocenters.